The van der Waals surface area contributed by atoms with E-state index in [0.717, 1.165) is 12.8 Å². The zero-order valence-electron chi connectivity index (χ0n) is 6.84. The monoisotopic (exact) mass is 157 g/mol. The van der Waals surface area contributed by atoms with Crippen molar-refractivity contribution in [1.82, 2.24) is 0 Å². The van der Waals surface area contributed by atoms with Crippen LogP contribution in [0, 0.1) is 0 Å². The molecule has 0 unspecified atom stereocenters. The molecule has 0 heterocycles. The predicted octanol–water partition coefficient (Wildman–Crippen LogP) is 1.14. The second-order valence-electron chi connectivity index (χ2n) is 2.90. The summed E-state index contributed by atoms with van der Waals surface area (Å²) < 4.78 is 0. The third kappa shape index (κ3) is 3.78. The number of carboxylic acids is 1. The number of hydrogen-bond donors (Lipinski definition) is 2. The minimum atomic E-state index is -1.08. The predicted molar refractivity (Wildman–Crippen MR) is 44.3 cm³/mol. The van der Waals surface area contributed by atoms with Crippen LogP contribution in [0.5, 0.6) is 0 Å². The molecule has 0 aliphatic carbocycles. The van der Waals surface area contributed by atoms with Crippen LogP contribution in [-0.4, -0.2) is 16.6 Å². The molecular weight excluding hydrogens is 142 g/mol. The Labute approximate surface area is 66.9 Å². The molecule has 0 aromatic carbocycles. The highest BCUT2D eigenvalue weighted by Crippen LogP contribution is 2.10. The van der Waals surface area contributed by atoms with Gasteiger partial charge in [0.1, 0.15) is 5.54 Å². The molecule has 0 aromatic rings. The molecule has 1 atom stereocenters. The van der Waals surface area contributed by atoms with E-state index in [1.54, 1.807) is 6.08 Å². The maximum Gasteiger partial charge on any atom is 0.323 e. The molecular formula is C8H15NO2. The van der Waals surface area contributed by atoms with E-state index in [0.29, 0.717) is 6.42 Å². The Morgan fingerprint density at radius 3 is 2.73 bits per heavy atom. The molecule has 0 saturated heterocycles. The van der Waals surface area contributed by atoms with Gasteiger partial charge in [0.25, 0.3) is 0 Å². The number of carbonyl (C=O) groups is 1. The largest absolute Gasteiger partial charge is 0.480 e. The molecule has 0 aromatic heterocycles. The van der Waals surface area contributed by atoms with Gasteiger partial charge >= 0.3 is 5.97 Å². The summed E-state index contributed by atoms with van der Waals surface area (Å²) in [4.78, 5) is 10.5. The number of nitrogens with two attached hydrogens (primary N) is 1. The Morgan fingerprint density at radius 1 is 1.82 bits per heavy atom. The maximum atomic E-state index is 10.5. The summed E-state index contributed by atoms with van der Waals surface area (Å²) in [5.74, 6) is -0.943. The van der Waals surface area contributed by atoms with Gasteiger partial charge in [0, 0.05) is 0 Å². The van der Waals surface area contributed by atoms with Crippen LogP contribution >= 0.6 is 0 Å². The quantitative estimate of drug-likeness (QED) is 0.464. The first kappa shape index (κ1) is 10.2. The minimum Gasteiger partial charge on any atom is -0.480 e. The van der Waals surface area contributed by atoms with E-state index in [4.69, 9.17) is 10.8 Å². The van der Waals surface area contributed by atoms with Crippen molar-refractivity contribution >= 4 is 5.97 Å². The lowest BCUT2D eigenvalue weighted by Gasteiger charge is -2.17. The number of carboxylic acid groups (broad SMARTS) is 1. The lowest BCUT2D eigenvalue weighted by molar-refractivity contribution is -0.142. The Balaban J connectivity index is 3.72. The van der Waals surface area contributed by atoms with E-state index in [1.807, 2.05) is 0 Å². The highest BCUT2D eigenvalue weighted by Gasteiger charge is 2.26. The van der Waals surface area contributed by atoms with E-state index < -0.39 is 11.5 Å². The van der Waals surface area contributed by atoms with E-state index in [1.165, 1.54) is 6.92 Å². The standard InChI is InChI=1S/C8H15NO2/c1-3-4-5-6-8(2,9)7(10)11/h3H,1,4-6,9H2,2H3,(H,10,11)/t8-/m0/s1. The van der Waals surface area contributed by atoms with Crippen molar-refractivity contribution in [3.8, 4) is 0 Å². The average Bonchev–Trinajstić information content (AvgIpc) is 1.88. The molecule has 3 N–H and O–H groups in total. The first-order valence-electron chi connectivity index (χ1n) is 3.64. The number of allylic oxidation sites excluding steroid dienone is 1. The fourth-order valence-corrected chi connectivity index (χ4v) is 0.721. The zero-order chi connectivity index (χ0) is 8.91. The van der Waals surface area contributed by atoms with Crippen LogP contribution in [-0.2, 0) is 4.79 Å². The van der Waals surface area contributed by atoms with Crippen LogP contribution in [0.3, 0.4) is 0 Å². The van der Waals surface area contributed by atoms with Crippen molar-refractivity contribution in [3.63, 3.8) is 0 Å². The fourth-order valence-electron chi connectivity index (χ4n) is 0.721. The summed E-state index contributed by atoms with van der Waals surface area (Å²) in [6.07, 6.45) is 3.86. The number of aliphatic carboxylic acids is 1. The van der Waals surface area contributed by atoms with Crippen LogP contribution in [0.4, 0.5) is 0 Å². The summed E-state index contributed by atoms with van der Waals surface area (Å²) in [5, 5.41) is 8.59. The molecule has 0 aliphatic rings. The summed E-state index contributed by atoms with van der Waals surface area (Å²) in [6, 6.07) is 0. The van der Waals surface area contributed by atoms with Gasteiger partial charge in [-0.25, -0.2) is 0 Å². The molecule has 0 fully saturated rings. The van der Waals surface area contributed by atoms with Crippen molar-refractivity contribution in [2.24, 2.45) is 5.73 Å². The van der Waals surface area contributed by atoms with Crippen LogP contribution in [0.1, 0.15) is 26.2 Å². The fraction of sp³-hybridized carbons (Fsp3) is 0.625. The summed E-state index contributed by atoms with van der Waals surface area (Å²) in [5.41, 5.74) is 4.39. The van der Waals surface area contributed by atoms with E-state index in [9.17, 15) is 4.79 Å². The number of rotatable bonds is 5. The van der Waals surface area contributed by atoms with Gasteiger partial charge in [-0.1, -0.05) is 6.08 Å². The van der Waals surface area contributed by atoms with Crippen molar-refractivity contribution in [3.05, 3.63) is 12.7 Å². The number of hydrogen-bond acceptors (Lipinski definition) is 2. The van der Waals surface area contributed by atoms with Gasteiger partial charge < -0.3 is 10.8 Å². The van der Waals surface area contributed by atoms with Gasteiger partial charge in [-0.15, -0.1) is 6.58 Å². The molecule has 3 nitrogen and oxygen atoms in total. The molecule has 0 amide bonds. The Hall–Kier alpha value is -0.830. The molecule has 0 spiro atoms. The highest BCUT2D eigenvalue weighted by atomic mass is 16.4. The topological polar surface area (TPSA) is 63.3 Å². The maximum absolute atomic E-state index is 10.5. The molecule has 0 bridgehead atoms. The van der Waals surface area contributed by atoms with Gasteiger partial charge in [0.2, 0.25) is 0 Å². The van der Waals surface area contributed by atoms with E-state index in [2.05, 4.69) is 6.58 Å². The van der Waals surface area contributed by atoms with Gasteiger partial charge in [-0.2, -0.15) is 0 Å². The first-order chi connectivity index (χ1) is 5.00. The van der Waals surface area contributed by atoms with Crippen molar-refractivity contribution < 1.29 is 9.90 Å². The third-order valence-electron chi connectivity index (χ3n) is 1.59. The Morgan fingerprint density at radius 2 is 2.36 bits per heavy atom. The van der Waals surface area contributed by atoms with Gasteiger partial charge in [-0.05, 0) is 26.2 Å². The van der Waals surface area contributed by atoms with Crippen LogP contribution < -0.4 is 5.73 Å². The second kappa shape index (κ2) is 4.13. The van der Waals surface area contributed by atoms with Gasteiger partial charge in [-0.3, -0.25) is 4.79 Å². The number of unbranched alkanes of at least 4 members (excludes halogenated alkanes) is 1. The van der Waals surface area contributed by atoms with E-state index >= 15 is 0 Å². The molecule has 0 saturated carbocycles. The first-order valence-corrected chi connectivity index (χ1v) is 3.64. The molecule has 0 rings (SSSR count). The third-order valence-corrected chi connectivity index (χ3v) is 1.59. The summed E-state index contributed by atoms with van der Waals surface area (Å²) in [6.45, 7) is 5.06. The van der Waals surface area contributed by atoms with E-state index in [-0.39, 0.29) is 0 Å². The molecule has 3 heteroatoms. The van der Waals surface area contributed by atoms with Crippen molar-refractivity contribution in [2.75, 3.05) is 0 Å². The minimum absolute atomic E-state index is 0.494. The SMILES string of the molecule is C=CCCC[C@](C)(N)C(=O)O. The Bertz CT molecular complexity index is 152. The molecule has 0 aliphatic heterocycles. The van der Waals surface area contributed by atoms with Gasteiger partial charge in [0.15, 0.2) is 0 Å². The summed E-state index contributed by atoms with van der Waals surface area (Å²) in [7, 11) is 0. The average molecular weight is 157 g/mol. The lowest BCUT2D eigenvalue weighted by Crippen LogP contribution is -2.44. The van der Waals surface area contributed by atoms with Crippen molar-refractivity contribution in [1.29, 1.82) is 0 Å². The molecule has 64 valence electrons. The summed E-state index contributed by atoms with van der Waals surface area (Å²) >= 11 is 0. The van der Waals surface area contributed by atoms with Gasteiger partial charge in [0.05, 0.1) is 0 Å². The molecule has 11 heavy (non-hydrogen) atoms. The normalized spacial score (nSPS) is 15.5. The van der Waals surface area contributed by atoms with Crippen LogP contribution in [0.15, 0.2) is 12.7 Å². The smallest absolute Gasteiger partial charge is 0.323 e. The zero-order valence-corrected chi connectivity index (χ0v) is 6.84. The lowest BCUT2D eigenvalue weighted by atomic mass is 9.96. The van der Waals surface area contributed by atoms with Crippen LogP contribution in [0.25, 0.3) is 0 Å². The Kier molecular flexibility index (Phi) is 3.82. The molecule has 0 radical (unpaired) electrons. The van der Waals surface area contributed by atoms with Crippen molar-refractivity contribution in [2.45, 2.75) is 31.7 Å². The van der Waals surface area contributed by atoms with Crippen LogP contribution in [0.2, 0.25) is 0 Å². The highest BCUT2D eigenvalue weighted by molar-refractivity contribution is 5.77. The second-order valence-corrected chi connectivity index (χ2v) is 2.90.